The summed E-state index contributed by atoms with van der Waals surface area (Å²) in [5, 5.41) is 14.5. The van der Waals surface area contributed by atoms with E-state index in [2.05, 4.69) is 10.1 Å². The number of aryl methyl sites for hydroxylation is 1. The highest BCUT2D eigenvalue weighted by molar-refractivity contribution is 7.19. The topological polar surface area (TPSA) is 84.6 Å². The highest BCUT2D eigenvalue weighted by Crippen LogP contribution is 2.26. The predicted molar refractivity (Wildman–Crippen MR) is 108 cm³/mol. The van der Waals surface area contributed by atoms with E-state index in [1.54, 1.807) is 40.9 Å². The minimum absolute atomic E-state index is 0.0958. The zero-order valence-electron chi connectivity index (χ0n) is 14.7. The van der Waals surface area contributed by atoms with Crippen molar-refractivity contribution >= 4 is 33.7 Å². The van der Waals surface area contributed by atoms with Crippen LogP contribution in [-0.4, -0.2) is 25.5 Å². The fourth-order valence-electron chi connectivity index (χ4n) is 2.88. The van der Waals surface area contributed by atoms with Crippen LogP contribution in [0.1, 0.15) is 27.9 Å². The Bertz CT molecular complexity index is 1240. The van der Waals surface area contributed by atoms with Gasteiger partial charge in [-0.15, -0.1) is 0 Å². The van der Waals surface area contributed by atoms with Gasteiger partial charge in [0.15, 0.2) is 5.69 Å². The molecule has 2 aromatic carbocycles. The Morgan fingerprint density at radius 2 is 1.82 bits per heavy atom. The molecule has 0 aliphatic heterocycles. The van der Waals surface area contributed by atoms with Gasteiger partial charge >= 0.3 is 5.56 Å². The van der Waals surface area contributed by atoms with Gasteiger partial charge in [0, 0.05) is 16.1 Å². The molecular formula is C20H14ClN3O3S. The maximum atomic E-state index is 13.0. The lowest BCUT2D eigenvalue weighted by Gasteiger charge is -2.04. The summed E-state index contributed by atoms with van der Waals surface area (Å²) in [7, 11) is 0. The number of aromatic hydroxyl groups is 1. The summed E-state index contributed by atoms with van der Waals surface area (Å²) in [6, 6.07) is 12.8. The fourth-order valence-corrected chi connectivity index (χ4v) is 4.12. The van der Waals surface area contributed by atoms with Gasteiger partial charge in [-0.1, -0.05) is 29.9 Å². The Morgan fingerprint density at radius 1 is 1.14 bits per heavy atom. The summed E-state index contributed by atoms with van der Waals surface area (Å²) < 4.78 is 1.55. The van der Waals surface area contributed by atoms with Crippen LogP contribution in [0, 0.1) is 0 Å². The summed E-state index contributed by atoms with van der Waals surface area (Å²) in [4.78, 5) is 30.4. The molecule has 1 N–H and O–H groups in total. The van der Waals surface area contributed by atoms with Crippen LogP contribution >= 0.6 is 22.9 Å². The van der Waals surface area contributed by atoms with Gasteiger partial charge in [0.1, 0.15) is 10.6 Å². The molecule has 0 amide bonds. The Morgan fingerprint density at radius 3 is 2.46 bits per heavy atom. The maximum Gasteiger partial charge on any atom is 0.300 e. The van der Waals surface area contributed by atoms with Crippen LogP contribution in [0.5, 0.6) is 5.75 Å². The van der Waals surface area contributed by atoms with Crippen LogP contribution in [-0.2, 0) is 6.42 Å². The molecule has 0 aliphatic carbocycles. The predicted octanol–water partition coefficient (Wildman–Crippen LogP) is 3.97. The van der Waals surface area contributed by atoms with E-state index in [1.807, 2.05) is 6.92 Å². The number of ketones is 1. The van der Waals surface area contributed by atoms with E-state index < -0.39 is 5.56 Å². The van der Waals surface area contributed by atoms with Crippen molar-refractivity contribution < 1.29 is 9.90 Å². The van der Waals surface area contributed by atoms with E-state index in [9.17, 15) is 14.7 Å². The number of rotatable bonds is 4. The molecule has 0 atom stereocenters. The lowest BCUT2D eigenvalue weighted by molar-refractivity contribution is 0.104. The van der Waals surface area contributed by atoms with Crippen LogP contribution in [0.25, 0.3) is 16.2 Å². The maximum absolute atomic E-state index is 13.0. The number of thiazole rings is 1. The van der Waals surface area contributed by atoms with E-state index in [0.29, 0.717) is 38.1 Å². The third-order valence-corrected chi connectivity index (χ3v) is 5.60. The molecule has 4 aromatic rings. The molecule has 6 nitrogen and oxygen atoms in total. The molecule has 0 unspecified atom stereocenters. The standard InChI is InChI=1S/C20H14ClN3O3S/c1-2-15-18(17(26)12-3-7-13(21)8-4-12)28-20-22-19(27)16(23-24(15)20)11-5-9-14(25)10-6-11/h3-10,25H,2H2,1H3. The van der Waals surface area contributed by atoms with E-state index in [1.165, 1.54) is 12.1 Å². The number of carbonyl (C=O) groups excluding carboxylic acids is 1. The molecule has 2 aromatic heterocycles. The zero-order chi connectivity index (χ0) is 19.8. The molecule has 0 bridgehead atoms. The summed E-state index contributed by atoms with van der Waals surface area (Å²) in [5.41, 5.74) is 1.42. The number of benzene rings is 2. The molecule has 0 aliphatic rings. The first-order chi connectivity index (χ1) is 13.5. The number of phenolic OH excluding ortho intramolecular Hbond substituents is 1. The van der Waals surface area contributed by atoms with Crippen LogP contribution in [0.2, 0.25) is 5.02 Å². The van der Waals surface area contributed by atoms with Gasteiger partial charge < -0.3 is 5.11 Å². The van der Waals surface area contributed by atoms with Crippen molar-refractivity contribution in [3.05, 3.63) is 80.0 Å². The average Bonchev–Trinajstić information content (AvgIpc) is 3.05. The molecule has 28 heavy (non-hydrogen) atoms. The molecule has 4 rings (SSSR count). The van der Waals surface area contributed by atoms with E-state index in [-0.39, 0.29) is 17.2 Å². The van der Waals surface area contributed by atoms with E-state index >= 15 is 0 Å². The minimum Gasteiger partial charge on any atom is -0.508 e. The second-order valence-electron chi connectivity index (χ2n) is 6.07. The first-order valence-corrected chi connectivity index (χ1v) is 9.69. The van der Waals surface area contributed by atoms with E-state index in [4.69, 9.17) is 11.6 Å². The third-order valence-electron chi connectivity index (χ3n) is 4.28. The van der Waals surface area contributed by atoms with Gasteiger partial charge in [0.05, 0.1) is 5.69 Å². The summed E-state index contributed by atoms with van der Waals surface area (Å²) in [6.07, 6.45) is 0.543. The van der Waals surface area contributed by atoms with Crippen molar-refractivity contribution in [2.24, 2.45) is 0 Å². The van der Waals surface area contributed by atoms with Crippen molar-refractivity contribution in [1.29, 1.82) is 0 Å². The van der Waals surface area contributed by atoms with Crippen molar-refractivity contribution in [3.63, 3.8) is 0 Å². The van der Waals surface area contributed by atoms with Gasteiger partial charge in [-0.05, 0) is 55.0 Å². The molecule has 8 heteroatoms. The first-order valence-electron chi connectivity index (χ1n) is 8.50. The van der Waals surface area contributed by atoms with Gasteiger partial charge in [-0.3, -0.25) is 9.59 Å². The van der Waals surface area contributed by atoms with Gasteiger partial charge in [0.2, 0.25) is 10.7 Å². The Hall–Kier alpha value is -3.03. The number of phenols is 1. The van der Waals surface area contributed by atoms with Crippen molar-refractivity contribution in [1.82, 2.24) is 14.6 Å². The Labute approximate surface area is 168 Å². The summed E-state index contributed by atoms with van der Waals surface area (Å²) in [5.74, 6) is -0.0667. The highest BCUT2D eigenvalue weighted by Gasteiger charge is 2.21. The normalized spacial score (nSPS) is 11.1. The van der Waals surface area contributed by atoms with Crippen molar-refractivity contribution in [3.8, 4) is 17.0 Å². The van der Waals surface area contributed by atoms with Crippen LogP contribution in [0.15, 0.2) is 53.3 Å². The van der Waals surface area contributed by atoms with Crippen LogP contribution < -0.4 is 5.56 Å². The second-order valence-corrected chi connectivity index (χ2v) is 7.49. The molecule has 0 radical (unpaired) electrons. The number of hydrogen-bond acceptors (Lipinski definition) is 6. The second kappa shape index (κ2) is 7.18. The Balaban J connectivity index is 1.88. The van der Waals surface area contributed by atoms with Gasteiger partial charge in [0.25, 0.3) is 0 Å². The summed E-state index contributed by atoms with van der Waals surface area (Å²) >= 11 is 7.05. The van der Waals surface area contributed by atoms with Crippen molar-refractivity contribution in [2.45, 2.75) is 13.3 Å². The number of nitrogens with zero attached hydrogens (tertiary/aromatic N) is 3. The fraction of sp³-hybridized carbons (Fsp3) is 0.100. The van der Waals surface area contributed by atoms with Gasteiger partial charge in [-0.25, -0.2) is 4.52 Å². The molecule has 0 spiro atoms. The van der Waals surface area contributed by atoms with Crippen LogP contribution in [0.3, 0.4) is 0 Å². The number of carbonyl (C=O) groups is 1. The molecule has 0 saturated carbocycles. The highest BCUT2D eigenvalue weighted by atomic mass is 35.5. The summed E-state index contributed by atoms with van der Waals surface area (Å²) in [6.45, 7) is 1.92. The lowest BCUT2D eigenvalue weighted by atomic mass is 10.1. The van der Waals surface area contributed by atoms with Crippen LogP contribution in [0.4, 0.5) is 0 Å². The third kappa shape index (κ3) is 3.19. The average molecular weight is 412 g/mol. The molecule has 0 fully saturated rings. The van der Waals surface area contributed by atoms with Gasteiger partial charge in [-0.2, -0.15) is 10.1 Å². The molecule has 0 saturated heterocycles. The van der Waals surface area contributed by atoms with E-state index in [0.717, 1.165) is 11.3 Å². The monoisotopic (exact) mass is 411 g/mol. The number of aromatic nitrogens is 3. The largest absolute Gasteiger partial charge is 0.508 e. The Kier molecular flexibility index (Phi) is 4.70. The first kappa shape index (κ1) is 18.3. The number of hydrogen-bond donors (Lipinski definition) is 1. The van der Waals surface area contributed by atoms with Crippen molar-refractivity contribution in [2.75, 3.05) is 0 Å². The molecular weight excluding hydrogens is 398 g/mol. The zero-order valence-corrected chi connectivity index (χ0v) is 16.3. The SMILES string of the molecule is CCc1c(C(=O)c2ccc(Cl)cc2)sc2nc(=O)c(-c3ccc(O)cc3)nn12. The minimum atomic E-state index is -0.486. The number of halogens is 1. The quantitative estimate of drug-likeness (QED) is 0.513. The molecule has 2 heterocycles. The lowest BCUT2D eigenvalue weighted by Crippen LogP contribution is -2.15. The molecule has 140 valence electrons. The number of fused-ring (bicyclic) bond motifs is 1. The smallest absolute Gasteiger partial charge is 0.300 e.